The van der Waals surface area contributed by atoms with Gasteiger partial charge in [0.1, 0.15) is 0 Å². The topological polar surface area (TPSA) is 38.7 Å². The third-order valence-electron chi connectivity index (χ3n) is 14.5. The van der Waals surface area contributed by atoms with Gasteiger partial charge >= 0.3 is 0 Å². The second-order valence-electron chi connectivity index (χ2n) is 19.6. The van der Waals surface area contributed by atoms with Gasteiger partial charge in [-0.2, -0.15) is 0 Å². The lowest BCUT2D eigenvalue weighted by Gasteiger charge is -2.16. The molecule has 13 aromatic rings. The van der Waals surface area contributed by atoms with Gasteiger partial charge in [-0.3, -0.25) is 0 Å². The Kier molecular flexibility index (Phi) is 13.0. The minimum absolute atomic E-state index is 0.841. The first-order valence-corrected chi connectivity index (χ1v) is 26.5. The van der Waals surface area contributed by atoms with Gasteiger partial charge in [-0.05, 0) is 121 Å². The van der Waals surface area contributed by atoms with E-state index in [1.807, 2.05) is 0 Å². The maximum absolute atomic E-state index is 5.56. The number of hydrogen-bond acceptors (Lipinski definition) is 3. The number of rotatable bonds is 12. The second-order valence-corrected chi connectivity index (χ2v) is 19.6. The standard InChI is InChI=1S/C75H51N3/c1-7-19-52(20-8-1)58-31-37-61(38-32-58)70-46-64(55-25-13-4-14-26-55)49-73(76-70)67-43-68(74-50-65(56-27-15-5-16-28-56)47-71(77-74)62-39-33-59(34-40-62)53-21-9-2-10-22-53)45-69(44-67)75-51-66(57-29-17-6-18-30-57)48-72(78-75)63-41-35-60(36-42-63)54-23-11-3-12-24-54/h1-51H. The molecule has 0 aliphatic rings. The summed E-state index contributed by atoms with van der Waals surface area (Å²) in [4.78, 5) is 16.7. The largest absolute Gasteiger partial charge is 0.248 e. The average molecular weight is 994 g/mol. The summed E-state index contributed by atoms with van der Waals surface area (Å²) in [6.45, 7) is 0. The molecular formula is C75H51N3. The predicted octanol–water partition coefficient (Wildman–Crippen LogP) is 19.9. The first-order valence-electron chi connectivity index (χ1n) is 26.5. The molecule has 0 atom stereocenters. The average Bonchev–Trinajstić information content (AvgIpc) is 3.54. The highest BCUT2D eigenvalue weighted by molar-refractivity contribution is 5.87. The molecule has 3 heteroatoms. The summed E-state index contributed by atoms with van der Waals surface area (Å²) in [5.74, 6) is 0. The minimum Gasteiger partial charge on any atom is -0.248 e. The van der Waals surface area contributed by atoms with Crippen molar-refractivity contribution in [1.29, 1.82) is 0 Å². The molecule has 0 aliphatic heterocycles. The van der Waals surface area contributed by atoms with Crippen LogP contribution in [-0.2, 0) is 0 Å². The smallest absolute Gasteiger partial charge is 0.0716 e. The lowest BCUT2D eigenvalue weighted by Crippen LogP contribution is -1.96. The fourth-order valence-electron chi connectivity index (χ4n) is 10.3. The summed E-state index contributed by atoms with van der Waals surface area (Å²) in [5, 5.41) is 0. The van der Waals surface area contributed by atoms with Gasteiger partial charge in [0, 0.05) is 33.4 Å². The minimum atomic E-state index is 0.841. The number of pyridine rings is 3. The lowest BCUT2D eigenvalue weighted by molar-refractivity contribution is 1.29. The zero-order chi connectivity index (χ0) is 52.0. The molecule has 366 valence electrons. The molecule has 3 nitrogen and oxygen atoms in total. The van der Waals surface area contributed by atoms with Crippen LogP contribution in [0.1, 0.15) is 0 Å². The molecule has 0 bridgehead atoms. The molecule has 3 heterocycles. The van der Waals surface area contributed by atoms with Gasteiger partial charge in [-0.1, -0.05) is 255 Å². The summed E-state index contributed by atoms with van der Waals surface area (Å²) in [5.41, 5.74) is 24.7. The molecule has 3 aromatic heterocycles. The Morgan fingerprint density at radius 1 is 0.115 bits per heavy atom. The highest BCUT2D eigenvalue weighted by atomic mass is 14.7. The molecule has 10 aromatic carbocycles. The van der Waals surface area contributed by atoms with Gasteiger partial charge in [0.05, 0.1) is 34.2 Å². The van der Waals surface area contributed by atoms with Crippen LogP contribution in [0.3, 0.4) is 0 Å². The van der Waals surface area contributed by atoms with E-state index < -0.39 is 0 Å². The van der Waals surface area contributed by atoms with Crippen LogP contribution in [0.5, 0.6) is 0 Å². The Morgan fingerprint density at radius 2 is 0.269 bits per heavy atom. The van der Waals surface area contributed by atoms with Crippen molar-refractivity contribution in [2.24, 2.45) is 0 Å². The van der Waals surface area contributed by atoms with E-state index in [9.17, 15) is 0 Å². The van der Waals surface area contributed by atoms with E-state index in [0.29, 0.717) is 0 Å². The Bertz CT molecular complexity index is 3720. The van der Waals surface area contributed by atoms with Gasteiger partial charge in [-0.25, -0.2) is 15.0 Å². The Balaban J connectivity index is 1.02. The van der Waals surface area contributed by atoms with Gasteiger partial charge in [0.25, 0.3) is 0 Å². The van der Waals surface area contributed by atoms with Crippen LogP contribution in [0.4, 0.5) is 0 Å². The van der Waals surface area contributed by atoms with E-state index in [1.165, 1.54) is 16.7 Å². The number of hydrogen-bond donors (Lipinski definition) is 0. The first-order chi connectivity index (χ1) is 38.6. The third kappa shape index (κ3) is 10.2. The highest BCUT2D eigenvalue weighted by Gasteiger charge is 2.18. The van der Waals surface area contributed by atoms with Crippen molar-refractivity contribution in [2.75, 3.05) is 0 Å². The molecule has 0 N–H and O–H groups in total. The predicted molar refractivity (Wildman–Crippen MR) is 325 cm³/mol. The van der Waals surface area contributed by atoms with Gasteiger partial charge in [0.15, 0.2) is 0 Å². The maximum atomic E-state index is 5.56. The van der Waals surface area contributed by atoms with Gasteiger partial charge in [0.2, 0.25) is 0 Å². The lowest BCUT2D eigenvalue weighted by atomic mass is 9.93. The van der Waals surface area contributed by atoms with Crippen LogP contribution in [0.2, 0.25) is 0 Å². The van der Waals surface area contributed by atoms with E-state index in [2.05, 4.69) is 309 Å². The summed E-state index contributed by atoms with van der Waals surface area (Å²) >= 11 is 0. The normalized spacial score (nSPS) is 11.1. The molecule has 0 radical (unpaired) electrons. The molecule has 13 rings (SSSR count). The van der Waals surface area contributed by atoms with Crippen molar-refractivity contribution in [2.45, 2.75) is 0 Å². The SMILES string of the molecule is c1ccc(-c2ccc(-c3cc(-c4ccccc4)cc(-c4cc(-c5cc(-c6ccccc6)cc(-c6ccc(-c7ccccc7)cc6)n5)cc(-c5cc(-c6ccccc6)cc(-c6ccc(-c7ccccc7)cc6)n5)c4)n3)cc2)cc1. The van der Waals surface area contributed by atoms with Crippen molar-refractivity contribution in [3.8, 4) is 134 Å². The van der Waals surface area contributed by atoms with Crippen molar-refractivity contribution >= 4 is 0 Å². The van der Waals surface area contributed by atoms with Crippen LogP contribution >= 0.6 is 0 Å². The monoisotopic (exact) mass is 993 g/mol. The summed E-state index contributed by atoms with van der Waals surface area (Å²) in [7, 11) is 0. The van der Waals surface area contributed by atoms with E-state index in [1.54, 1.807) is 0 Å². The molecule has 78 heavy (non-hydrogen) atoms. The fourth-order valence-corrected chi connectivity index (χ4v) is 10.3. The number of benzene rings is 10. The number of aromatic nitrogens is 3. The van der Waals surface area contributed by atoms with E-state index in [-0.39, 0.29) is 0 Å². The zero-order valence-corrected chi connectivity index (χ0v) is 42.8. The van der Waals surface area contributed by atoms with E-state index >= 15 is 0 Å². The summed E-state index contributed by atoms with van der Waals surface area (Å²) in [6, 6.07) is 110. The second kappa shape index (κ2) is 21.5. The molecule has 0 fully saturated rings. The van der Waals surface area contributed by atoms with Crippen molar-refractivity contribution in [3.05, 3.63) is 309 Å². The van der Waals surface area contributed by atoms with Crippen LogP contribution in [0, 0.1) is 0 Å². The number of nitrogens with zero attached hydrogens (tertiary/aromatic N) is 3. The van der Waals surface area contributed by atoms with Crippen molar-refractivity contribution < 1.29 is 0 Å². The maximum Gasteiger partial charge on any atom is 0.0716 e. The summed E-state index contributed by atoms with van der Waals surface area (Å²) < 4.78 is 0. The molecular weight excluding hydrogens is 943 g/mol. The van der Waals surface area contributed by atoms with E-state index in [4.69, 9.17) is 15.0 Å². The molecule has 0 spiro atoms. The Morgan fingerprint density at radius 3 is 0.474 bits per heavy atom. The highest BCUT2D eigenvalue weighted by Crippen LogP contribution is 2.40. The van der Waals surface area contributed by atoms with Gasteiger partial charge < -0.3 is 0 Å². The van der Waals surface area contributed by atoms with Crippen LogP contribution in [0.25, 0.3) is 134 Å². The molecule has 0 amide bonds. The molecule has 0 aliphatic carbocycles. The molecule has 0 saturated heterocycles. The quantitative estimate of drug-likeness (QED) is 0.122. The van der Waals surface area contributed by atoms with Crippen LogP contribution in [-0.4, -0.2) is 15.0 Å². The van der Waals surface area contributed by atoms with Crippen LogP contribution in [0.15, 0.2) is 309 Å². The fraction of sp³-hybridized carbons (Fsp3) is 0. The van der Waals surface area contributed by atoms with Gasteiger partial charge in [-0.15, -0.1) is 0 Å². The van der Waals surface area contributed by atoms with Crippen LogP contribution < -0.4 is 0 Å². The Hall–Kier alpha value is -10.4. The molecule has 0 saturated carbocycles. The first kappa shape index (κ1) is 47.4. The zero-order valence-electron chi connectivity index (χ0n) is 42.8. The Labute approximate surface area is 456 Å². The molecule has 0 unspecified atom stereocenters. The van der Waals surface area contributed by atoms with Crippen molar-refractivity contribution in [1.82, 2.24) is 15.0 Å². The van der Waals surface area contributed by atoms with Crippen molar-refractivity contribution in [3.63, 3.8) is 0 Å². The summed E-state index contributed by atoms with van der Waals surface area (Å²) in [6.07, 6.45) is 0. The third-order valence-corrected chi connectivity index (χ3v) is 14.5. The van der Waals surface area contributed by atoms with E-state index in [0.717, 1.165) is 118 Å².